The first kappa shape index (κ1) is 17.6. The van der Waals surface area contributed by atoms with Gasteiger partial charge in [-0.15, -0.1) is 0 Å². The van der Waals surface area contributed by atoms with Crippen LogP contribution in [0.2, 0.25) is 0 Å². The lowest BCUT2D eigenvalue weighted by molar-refractivity contribution is -0.385. The van der Waals surface area contributed by atoms with Gasteiger partial charge in [0, 0.05) is 22.8 Å². The van der Waals surface area contributed by atoms with Crippen molar-refractivity contribution in [3.8, 4) is 0 Å². The van der Waals surface area contributed by atoms with Crippen molar-refractivity contribution in [2.75, 3.05) is 13.2 Å². The van der Waals surface area contributed by atoms with Crippen molar-refractivity contribution >= 4 is 16.5 Å². The van der Waals surface area contributed by atoms with E-state index in [2.05, 4.69) is 18.2 Å². The van der Waals surface area contributed by atoms with Crippen LogP contribution in [0, 0.1) is 10.1 Å². The minimum Gasteiger partial charge on any atom is -0.342 e. The van der Waals surface area contributed by atoms with Gasteiger partial charge in [-0.2, -0.15) is 0 Å². The molecule has 0 radical (unpaired) electrons. The first-order chi connectivity index (χ1) is 13.2. The number of hydrogen-bond acceptors (Lipinski definition) is 4. The van der Waals surface area contributed by atoms with Gasteiger partial charge >= 0.3 is 0 Å². The van der Waals surface area contributed by atoms with Crippen LogP contribution >= 0.6 is 0 Å². The summed E-state index contributed by atoms with van der Waals surface area (Å²) < 4.78 is 12.5. The van der Waals surface area contributed by atoms with Crippen LogP contribution in [0.25, 0.3) is 10.8 Å². The van der Waals surface area contributed by atoms with Gasteiger partial charge in [0.1, 0.15) is 0 Å². The van der Waals surface area contributed by atoms with Crippen molar-refractivity contribution in [2.24, 2.45) is 0 Å². The molecular formula is C22H21NO4. The van der Waals surface area contributed by atoms with Crippen LogP contribution in [0.3, 0.4) is 0 Å². The van der Waals surface area contributed by atoms with E-state index in [4.69, 9.17) is 9.47 Å². The van der Waals surface area contributed by atoms with Gasteiger partial charge in [-0.1, -0.05) is 49.4 Å². The van der Waals surface area contributed by atoms with E-state index in [0.29, 0.717) is 25.2 Å². The van der Waals surface area contributed by atoms with Crippen molar-refractivity contribution in [3.05, 3.63) is 87.5 Å². The van der Waals surface area contributed by atoms with Crippen molar-refractivity contribution in [1.82, 2.24) is 0 Å². The number of hydrogen-bond donors (Lipinski definition) is 0. The fourth-order valence-corrected chi connectivity index (χ4v) is 3.77. The lowest BCUT2D eigenvalue weighted by atomic mass is 9.90. The molecule has 0 N–H and O–H groups in total. The molecule has 0 unspecified atom stereocenters. The Morgan fingerprint density at radius 2 is 1.78 bits per heavy atom. The molecule has 1 saturated heterocycles. The van der Waals surface area contributed by atoms with Gasteiger partial charge in [0.25, 0.3) is 5.69 Å². The molecule has 0 spiro atoms. The van der Waals surface area contributed by atoms with E-state index in [0.717, 1.165) is 28.3 Å². The van der Waals surface area contributed by atoms with E-state index in [1.807, 2.05) is 37.3 Å². The Labute approximate surface area is 157 Å². The van der Waals surface area contributed by atoms with Crippen LogP contribution in [-0.4, -0.2) is 18.1 Å². The second kappa shape index (κ2) is 7.10. The molecule has 0 aromatic heterocycles. The number of nitro benzene ring substituents is 1. The van der Waals surface area contributed by atoms with Gasteiger partial charge in [0.05, 0.1) is 18.1 Å². The maximum Gasteiger partial charge on any atom is 0.272 e. The van der Waals surface area contributed by atoms with Gasteiger partial charge < -0.3 is 9.47 Å². The Morgan fingerprint density at radius 3 is 2.52 bits per heavy atom. The summed E-state index contributed by atoms with van der Waals surface area (Å²) >= 11 is 0. The van der Waals surface area contributed by atoms with Crippen LogP contribution in [0.1, 0.15) is 30.0 Å². The summed E-state index contributed by atoms with van der Waals surface area (Å²) in [5.74, 6) is -1.06. The molecule has 0 aliphatic carbocycles. The first-order valence-corrected chi connectivity index (χ1v) is 9.19. The van der Waals surface area contributed by atoms with E-state index in [1.165, 1.54) is 0 Å². The summed E-state index contributed by atoms with van der Waals surface area (Å²) in [6.07, 6.45) is 1.38. The topological polar surface area (TPSA) is 61.6 Å². The number of nitro groups is 1. The molecule has 5 nitrogen and oxygen atoms in total. The summed E-state index contributed by atoms with van der Waals surface area (Å²) in [5, 5.41) is 13.5. The second-order valence-electron chi connectivity index (χ2n) is 6.65. The SMILES string of the molecule is CCc1cc(C2(c3cccc4ccccc34)OCCCO2)ccc1[N+](=O)[O-]. The lowest BCUT2D eigenvalue weighted by Crippen LogP contribution is -2.39. The van der Waals surface area contributed by atoms with E-state index in [1.54, 1.807) is 12.1 Å². The highest BCUT2D eigenvalue weighted by Crippen LogP contribution is 2.42. The molecule has 138 valence electrons. The summed E-state index contributed by atoms with van der Waals surface area (Å²) in [5.41, 5.74) is 2.53. The first-order valence-electron chi connectivity index (χ1n) is 9.19. The standard InChI is InChI=1S/C22H21NO4/c1-2-16-15-18(11-12-21(16)23(24)25)22(26-13-6-14-27-22)20-10-5-8-17-7-3-4-9-19(17)20/h3-5,7-12,15H,2,6,13-14H2,1H3. The Bertz CT molecular complexity index is 987. The van der Waals surface area contributed by atoms with Gasteiger partial charge in [0.2, 0.25) is 5.79 Å². The highest BCUT2D eigenvalue weighted by atomic mass is 16.7. The monoisotopic (exact) mass is 363 g/mol. The lowest BCUT2D eigenvalue weighted by Gasteiger charge is -2.38. The minimum atomic E-state index is -1.06. The third kappa shape index (κ3) is 2.99. The summed E-state index contributed by atoms with van der Waals surface area (Å²) in [6, 6.07) is 19.3. The van der Waals surface area contributed by atoms with E-state index in [-0.39, 0.29) is 10.6 Å². The molecule has 0 amide bonds. The van der Waals surface area contributed by atoms with Gasteiger partial charge in [-0.05, 0) is 35.7 Å². The highest BCUT2D eigenvalue weighted by Gasteiger charge is 2.40. The van der Waals surface area contributed by atoms with Crippen molar-refractivity contribution in [2.45, 2.75) is 25.6 Å². The Morgan fingerprint density at radius 1 is 1.04 bits per heavy atom. The van der Waals surface area contributed by atoms with E-state index < -0.39 is 5.79 Å². The van der Waals surface area contributed by atoms with Crippen molar-refractivity contribution in [1.29, 1.82) is 0 Å². The predicted octanol–water partition coefficient (Wildman–Crippen LogP) is 4.95. The number of rotatable bonds is 4. The Hall–Kier alpha value is -2.76. The average molecular weight is 363 g/mol. The maximum absolute atomic E-state index is 11.3. The highest BCUT2D eigenvalue weighted by molar-refractivity contribution is 5.86. The van der Waals surface area contributed by atoms with Crippen LogP contribution < -0.4 is 0 Å². The molecule has 1 aliphatic heterocycles. The van der Waals surface area contributed by atoms with Crippen molar-refractivity contribution in [3.63, 3.8) is 0 Å². The summed E-state index contributed by atoms with van der Waals surface area (Å²) in [7, 11) is 0. The van der Waals surface area contributed by atoms with Crippen LogP contribution in [0.15, 0.2) is 60.7 Å². The van der Waals surface area contributed by atoms with Crippen molar-refractivity contribution < 1.29 is 14.4 Å². The molecule has 0 atom stereocenters. The summed E-state index contributed by atoms with van der Waals surface area (Å²) in [6.45, 7) is 3.06. The smallest absolute Gasteiger partial charge is 0.272 e. The number of ether oxygens (including phenoxy) is 2. The molecule has 3 aromatic rings. The second-order valence-corrected chi connectivity index (χ2v) is 6.65. The van der Waals surface area contributed by atoms with Gasteiger partial charge in [0.15, 0.2) is 0 Å². The summed E-state index contributed by atoms with van der Waals surface area (Å²) in [4.78, 5) is 11.0. The number of nitrogens with zero attached hydrogens (tertiary/aromatic N) is 1. The molecule has 4 rings (SSSR count). The van der Waals surface area contributed by atoms with Gasteiger partial charge in [-0.3, -0.25) is 10.1 Å². The zero-order chi connectivity index (χ0) is 18.9. The minimum absolute atomic E-state index is 0.130. The molecule has 1 heterocycles. The fraction of sp³-hybridized carbons (Fsp3) is 0.273. The average Bonchev–Trinajstić information content (AvgIpc) is 2.73. The molecule has 5 heteroatoms. The normalized spacial score (nSPS) is 16.3. The Kier molecular flexibility index (Phi) is 4.64. The molecule has 1 aliphatic rings. The molecule has 3 aromatic carbocycles. The number of benzene rings is 3. The molecule has 27 heavy (non-hydrogen) atoms. The third-order valence-corrected chi connectivity index (χ3v) is 5.08. The van der Waals surface area contributed by atoms with Crippen LogP contribution in [0.5, 0.6) is 0 Å². The third-order valence-electron chi connectivity index (χ3n) is 5.08. The van der Waals surface area contributed by atoms with E-state index >= 15 is 0 Å². The number of fused-ring (bicyclic) bond motifs is 1. The molecular weight excluding hydrogens is 342 g/mol. The predicted molar refractivity (Wildman–Crippen MR) is 104 cm³/mol. The molecule has 0 saturated carbocycles. The van der Waals surface area contributed by atoms with Crippen LogP contribution in [-0.2, 0) is 21.7 Å². The fourth-order valence-electron chi connectivity index (χ4n) is 3.77. The largest absolute Gasteiger partial charge is 0.342 e. The quantitative estimate of drug-likeness (QED) is 0.486. The Balaban J connectivity index is 1.95. The molecule has 1 fully saturated rings. The maximum atomic E-state index is 11.3. The van der Waals surface area contributed by atoms with Gasteiger partial charge in [-0.25, -0.2) is 0 Å². The zero-order valence-electron chi connectivity index (χ0n) is 15.2. The zero-order valence-corrected chi connectivity index (χ0v) is 15.2. The van der Waals surface area contributed by atoms with Crippen LogP contribution in [0.4, 0.5) is 5.69 Å². The number of aryl methyl sites for hydroxylation is 1. The van der Waals surface area contributed by atoms with E-state index in [9.17, 15) is 10.1 Å². The molecule has 0 bridgehead atoms.